The number of nitrogens with zero attached hydrogens (tertiary/aromatic N) is 1. The molecule has 4 rings (SSSR count). The molecule has 3 aromatic rings. The van der Waals surface area contributed by atoms with Crippen LogP contribution < -0.4 is 14.2 Å². The monoisotopic (exact) mass is 461 g/mol. The van der Waals surface area contributed by atoms with Crippen LogP contribution >= 0.6 is 0 Å². The number of methoxy groups -OCH3 is 2. The molecule has 2 atom stereocenters. The number of benzene rings is 3. The lowest BCUT2D eigenvalue weighted by Crippen LogP contribution is -2.44. The van der Waals surface area contributed by atoms with Gasteiger partial charge in [-0.2, -0.15) is 0 Å². The van der Waals surface area contributed by atoms with Crippen molar-refractivity contribution in [3.05, 3.63) is 53.1 Å². The molecule has 0 N–H and O–H groups in total. The summed E-state index contributed by atoms with van der Waals surface area (Å²) in [5.41, 5.74) is 4.69. The Morgan fingerprint density at radius 2 is 1.71 bits per heavy atom. The minimum Gasteiger partial charge on any atom is -0.496 e. The van der Waals surface area contributed by atoms with Crippen LogP contribution in [0.3, 0.4) is 0 Å². The molecule has 0 bridgehead atoms. The van der Waals surface area contributed by atoms with Crippen LogP contribution in [0.1, 0.15) is 50.4 Å². The maximum Gasteiger partial charge on any atom is 0.308 e. The van der Waals surface area contributed by atoms with Crippen molar-refractivity contribution in [2.75, 3.05) is 14.2 Å². The molecule has 178 valence electrons. The summed E-state index contributed by atoms with van der Waals surface area (Å²) in [6.45, 7) is 9.05. The normalized spacial score (nSPS) is 17.3. The summed E-state index contributed by atoms with van der Waals surface area (Å²) in [6.07, 6.45) is 0.698. The highest BCUT2D eigenvalue weighted by atomic mass is 16.5. The molecule has 34 heavy (non-hydrogen) atoms. The lowest BCUT2D eigenvalue weighted by atomic mass is 9.84. The number of carbonyl (C=O) groups excluding carboxylic acids is 2. The first-order valence-corrected chi connectivity index (χ1v) is 11.5. The Hall–Kier alpha value is -3.54. The number of esters is 1. The fourth-order valence-corrected chi connectivity index (χ4v) is 5.48. The summed E-state index contributed by atoms with van der Waals surface area (Å²) in [5.74, 6) is 1.52. The number of ether oxygens (including phenoxy) is 3. The van der Waals surface area contributed by atoms with Gasteiger partial charge in [0, 0.05) is 31.0 Å². The average molecular weight is 462 g/mol. The molecule has 0 radical (unpaired) electrons. The van der Waals surface area contributed by atoms with Gasteiger partial charge in [-0.1, -0.05) is 24.3 Å². The fraction of sp³-hybridized carbons (Fsp3) is 0.357. The van der Waals surface area contributed by atoms with Gasteiger partial charge in [0.1, 0.15) is 17.2 Å². The number of hydrogen-bond donors (Lipinski definition) is 0. The smallest absolute Gasteiger partial charge is 0.308 e. The number of amides is 1. The van der Waals surface area contributed by atoms with E-state index in [4.69, 9.17) is 14.2 Å². The number of rotatable bonds is 4. The average Bonchev–Trinajstić information content (AvgIpc) is 2.77. The Bertz CT molecular complexity index is 1300. The molecule has 3 aromatic carbocycles. The fourth-order valence-electron chi connectivity index (χ4n) is 5.48. The predicted molar refractivity (Wildman–Crippen MR) is 133 cm³/mol. The van der Waals surface area contributed by atoms with Crippen molar-refractivity contribution in [3.8, 4) is 28.4 Å². The van der Waals surface area contributed by atoms with E-state index >= 15 is 0 Å². The second-order valence-corrected chi connectivity index (χ2v) is 8.92. The first-order valence-electron chi connectivity index (χ1n) is 11.5. The van der Waals surface area contributed by atoms with Crippen LogP contribution in [0.2, 0.25) is 0 Å². The number of fused-ring (bicyclic) bond motifs is 2. The lowest BCUT2D eigenvalue weighted by molar-refractivity contribution is -0.133. The van der Waals surface area contributed by atoms with E-state index in [0.29, 0.717) is 23.7 Å². The highest BCUT2D eigenvalue weighted by molar-refractivity contribution is 6.06. The molecule has 0 aliphatic carbocycles. The van der Waals surface area contributed by atoms with Gasteiger partial charge in [0.05, 0.1) is 25.6 Å². The third-order valence-electron chi connectivity index (χ3n) is 6.71. The van der Waals surface area contributed by atoms with E-state index in [-0.39, 0.29) is 18.0 Å². The van der Waals surface area contributed by atoms with Gasteiger partial charge in [-0.15, -0.1) is 0 Å². The van der Waals surface area contributed by atoms with E-state index in [2.05, 4.69) is 6.07 Å². The molecule has 0 spiro atoms. The van der Waals surface area contributed by atoms with Crippen molar-refractivity contribution < 1.29 is 23.8 Å². The van der Waals surface area contributed by atoms with Crippen LogP contribution in [0.4, 0.5) is 0 Å². The SMILES string of the molecule is COc1cccc2c(-c3ccc4c(c3OC(C)=O)[C@@H](C)N(C(C)=O)[C@H](C)C4)c(C)cc(OC)c12. The quantitative estimate of drug-likeness (QED) is 0.373. The maximum absolute atomic E-state index is 12.5. The van der Waals surface area contributed by atoms with Gasteiger partial charge < -0.3 is 19.1 Å². The predicted octanol–water partition coefficient (Wildman–Crippen LogP) is 5.61. The lowest BCUT2D eigenvalue weighted by Gasteiger charge is -2.41. The molecule has 0 saturated heterocycles. The van der Waals surface area contributed by atoms with Crippen LogP contribution in [-0.2, 0) is 16.0 Å². The van der Waals surface area contributed by atoms with Crippen molar-refractivity contribution >= 4 is 22.6 Å². The number of aryl methyl sites for hydroxylation is 1. The van der Waals surface area contributed by atoms with Gasteiger partial charge in [0.2, 0.25) is 5.91 Å². The Morgan fingerprint density at radius 3 is 2.32 bits per heavy atom. The third kappa shape index (κ3) is 3.77. The Kier molecular flexibility index (Phi) is 6.26. The van der Waals surface area contributed by atoms with Crippen molar-refractivity contribution in [3.63, 3.8) is 0 Å². The van der Waals surface area contributed by atoms with E-state index in [1.807, 2.05) is 56.0 Å². The van der Waals surface area contributed by atoms with E-state index in [0.717, 1.165) is 38.6 Å². The molecular weight excluding hydrogens is 430 g/mol. The van der Waals surface area contributed by atoms with Crippen LogP contribution in [0.5, 0.6) is 17.2 Å². The summed E-state index contributed by atoms with van der Waals surface area (Å²) in [6, 6.07) is 11.8. The van der Waals surface area contributed by atoms with Gasteiger partial charge in [0.25, 0.3) is 0 Å². The van der Waals surface area contributed by atoms with E-state index in [9.17, 15) is 9.59 Å². The third-order valence-corrected chi connectivity index (χ3v) is 6.71. The molecule has 0 aromatic heterocycles. The Labute approximate surface area is 200 Å². The number of carbonyl (C=O) groups is 2. The van der Waals surface area contributed by atoms with Crippen LogP contribution in [0, 0.1) is 6.92 Å². The van der Waals surface area contributed by atoms with E-state index in [1.165, 1.54) is 6.92 Å². The second kappa shape index (κ2) is 9.01. The Balaban J connectivity index is 2.09. The summed E-state index contributed by atoms with van der Waals surface area (Å²) in [4.78, 5) is 26.6. The molecule has 6 heteroatoms. The van der Waals surface area contributed by atoms with Gasteiger partial charge in [0.15, 0.2) is 0 Å². The van der Waals surface area contributed by atoms with Crippen LogP contribution in [0.15, 0.2) is 36.4 Å². The first-order chi connectivity index (χ1) is 16.2. The van der Waals surface area contributed by atoms with Crippen molar-refractivity contribution in [2.24, 2.45) is 0 Å². The summed E-state index contributed by atoms with van der Waals surface area (Å²) >= 11 is 0. The van der Waals surface area contributed by atoms with Crippen molar-refractivity contribution in [1.82, 2.24) is 4.90 Å². The zero-order valence-electron chi connectivity index (χ0n) is 20.8. The zero-order chi connectivity index (χ0) is 24.7. The standard InChI is InChI=1S/C28H31NO5/c1-15-13-24(33-7)27-21(9-8-10-23(27)32-6)25(15)22-12-11-20-14-16(2)29(18(4)30)17(3)26(20)28(22)34-19(5)31/h8-13,16-17H,14H2,1-7H3/t16-,17-/m1/s1. The summed E-state index contributed by atoms with van der Waals surface area (Å²) in [7, 11) is 3.28. The van der Waals surface area contributed by atoms with Gasteiger partial charge in [-0.3, -0.25) is 9.59 Å². The zero-order valence-corrected chi connectivity index (χ0v) is 20.8. The topological polar surface area (TPSA) is 65.1 Å². The largest absolute Gasteiger partial charge is 0.496 e. The maximum atomic E-state index is 12.5. The van der Waals surface area contributed by atoms with Crippen molar-refractivity contribution in [2.45, 2.75) is 53.1 Å². The summed E-state index contributed by atoms with van der Waals surface area (Å²) in [5, 5.41) is 1.79. The minimum absolute atomic E-state index is 0.000595. The first kappa shape index (κ1) is 23.6. The molecule has 1 aliphatic heterocycles. The highest BCUT2D eigenvalue weighted by Crippen LogP contribution is 2.48. The van der Waals surface area contributed by atoms with Gasteiger partial charge in [-0.05, 0) is 61.4 Å². The van der Waals surface area contributed by atoms with E-state index in [1.54, 1.807) is 21.1 Å². The molecule has 0 unspecified atom stereocenters. The van der Waals surface area contributed by atoms with Crippen LogP contribution in [0.25, 0.3) is 21.9 Å². The second-order valence-electron chi connectivity index (χ2n) is 8.92. The molecule has 0 fully saturated rings. The van der Waals surface area contributed by atoms with E-state index < -0.39 is 5.97 Å². The molecule has 0 saturated carbocycles. The van der Waals surface area contributed by atoms with Gasteiger partial charge >= 0.3 is 5.97 Å². The Morgan fingerprint density at radius 1 is 1.00 bits per heavy atom. The molecular formula is C28H31NO5. The molecule has 1 heterocycles. The molecule has 1 amide bonds. The highest BCUT2D eigenvalue weighted by Gasteiger charge is 2.35. The number of hydrogen-bond acceptors (Lipinski definition) is 5. The van der Waals surface area contributed by atoms with Crippen molar-refractivity contribution in [1.29, 1.82) is 0 Å². The van der Waals surface area contributed by atoms with Gasteiger partial charge in [-0.25, -0.2) is 0 Å². The van der Waals surface area contributed by atoms with Crippen LogP contribution in [-0.4, -0.2) is 37.0 Å². The molecule has 6 nitrogen and oxygen atoms in total. The minimum atomic E-state index is -0.400. The summed E-state index contributed by atoms with van der Waals surface area (Å²) < 4.78 is 17.2. The molecule has 1 aliphatic rings.